The summed E-state index contributed by atoms with van der Waals surface area (Å²) in [5.74, 6) is 0.305. The Hall–Kier alpha value is -0.0800. The van der Waals surface area contributed by atoms with E-state index in [1.165, 1.54) is 19.3 Å². The fourth-order valence-electron chi connectivity index (χ4n) is 1.68. The molecule has 0 radical (unpaired) electrons. The van der Waals surface area contributed by atoms with Crippen molar-refractivity contribution >= 4 is 0 Å². The summed E-state index contributed by atoms with van der Waals surface area (Å²) >= 11 is 0. The van der Waals surface area contributed by atoms with E-state index in [0.29, 0.717) is 12.0 Å². The van der Waals surface area contributed by atoms with Crippen LogP contribution in [-0.4, -0.2) is 34.7 Å². The van der Waals surface area contributed by atoms with E-state index in [4.69, 9.17) is 0 Å². The van der Waals surface area contributed by atoms with Gasteiger partial charge in [-0.3, -0.25) is 4.90 Å². The molecule has 0 bridgehead atoms. The van der Waals surface area contributed by atoms with Crippen LogP contribution in [0.4, 0.5) is 0 Å². The molecular weight excluding hydrogens is 198 g/mol. The van der Waals surface area contributed by atoms with Crippen molar-refractivity contribution in [2.45, 2.75) is 72.4 Å². The highest BCUT2D eigenvalue weighted by atomic mass is 16.3. The fraction of sp³-hybridized carbons (Fsp3) is 1.00. The van der Waals surface area contributed by atoms with Gasteiger partial charge in [0.25, 0.3) is 0 Å². The number of hydrogen-bond donors (Lipinski definition) is 1. The second kappa shape index (κ2) is 7.29. The fourth-order valence-corrected chi connectivity index (χ4v) is 1.68. The number of aliphatic hydroxyl groups is 1. The van der Waals surface area contributed by atoms with Crippen molar-refractivity contribution in [1.82, 2.24) is 4.90 Å². The summed E-state index contributed by atoms with van der Waals surface area (Å²) < 4.78 is 0. The molecule has 1 unspecified atom stereocenters. The molecule has 1 N–H and O–H groups in total. The number of nitrogens with zero attached hydrogens (tertiary/aromatic N) is 1. The van der Waals surface area contributed by atoms with Crippen LogP contribution in [0.25, 0.3) is 0 Å². The lowest BCUT2D eigenvalue weighted by molar-refractivity contribution is -0.0263. The normalized spacial score (nSPS) is 16.1. The van der Waals surface area contributed by atoms with E-state index in [0.717, 1.165) is 13.1 Å². The van der Waals surface area contributed by atoms with Gasteiger partial charge in [-0.15, -0.1) is 0 Å². The van der Waals surface area contributed by atoms with Crippen LogP contribution in [0, 0.1) is 5.92 Å². The lowest BCUT2D eigenvalue weighted by atomic mass is 9.91. The molecule has 0 saturated heterocycles. The zero-order chi connectivity index (χ0) is 12.8. The Morgan fingerprint density at radius 1 is 1.12 bits per heavy atom. The molecular formula is C14H31NO. The van der Waals surface area contributed by atoms with E-state index in [9.17, 15) is 5.11 Å². The van der Waals surface area contributed by atoms with E-state index in [2.05, 4.69) is 39.5 Å². The van der Waals surface area contributed by atoms with Crippen LogP contribution in [0.1, 0.15) is 60.8 Å². The predicted octanol–water partition coefficient (Wildman–Crippen LogP) is 3.29. The van der Waals surface area contributed by atoms with Crippen LogP contribution in [0.2, 0.25) is 0 Å². The highest BCUT2D eigenvalue weighted by Crippen LogP contribution is 2.19. The largest absolute Gasteiger partial charge is 0.389 e. The maximum Gasteiger partial charge on any atom is 0.0768 e. The Morgan fingerprint density at radius 2 is 1.69 bits per heavy atom. The topological polar surface area (TPSA) is 23.5 Å². The quantitative estimate of drug-likeness (QED) is 0.646. The highest BCUT2D eigenvalue weighted by molar-refractivity contribution is 4.82. The highest BCUT2D eigenvalue weighted by Gasteiger charge is 2.28. The van der Waals surface area contributed by atoms with Gasteiger partial charge in [0.15, 0.2) is 0 Å². The Morgan fingerprint density at radius 3 is 2.06 bits per heavy atom. The molecule has 0 aromatic heterocycles. The first kappa shape index (κ1) is 15.9. The third-order valence-electron chi connectivity index (χ3n) is 3.55. The van der Waals surface area contributed by atoms with Gasteiger partial charge in [0.1, 0.15) is 0 Å². The van der Waals surface area contributed by atoms with Gasteiger partial charge < -0.3 is 5.11 Å². The SMILES string of the molecule is CCCCCN(CC(C)(O)C(C)C)C(C)C. The van der Waals surface area contributed by atoms with E-state index in [-0.39, 0.29) is 0 Å². The summed E-state index contributed by atoms with van der Waals surface area (Å²) in [6.45, 7) is 14.7. The molecule has 2 heteroatoms. The van der Waals surface area contributed by atoms with Crippen molar-refractivity contribution in [2.24, 2.45) is 5.92 Å². The van der Waals surface area contributed by atoms with Crippen LogP contribution < -0.4 is 0 Å². The zero-order valence-electron chi connectivity index (χ0n) is 12.1. The van der Waals surface area contributed by atoms with E-state index >= 15 is 0 Å². The van der Waals surface area contributed by atoms with Gasteiger partial charge >= 0.3 is 0 Å². The van der Waals surface area contributed by atoms with Crippen molar-refractivity contribution in [3.05, 3.63) is 0 Å². The third-order valence-corrected chi connectivity index (χ3v) is 3.55. The maximum atomic E-state index is 10.3. The Labute approximate surface area is 102 Å². The van der Waals surface area contributed by atoms with Gasteiger partial charge in [0.05, 0.1) is 5.60 Å². The molecule has 0 fully saturated rings. The van der Waals surface area contributed by atoms with Crippen LogP contribution in [0.15, 0.2) is 0 Å². The molecule has 2 nitrogen and oxygen atoms in total. The zero-order valence-corrected chi connectivity index (χ0v) is 12.1. The monoisotopic (exact) mass is 229 g/mol. The first-order valence-corrected chi connectivity index (χ1v) is 6.77. The van der Waals surface area contributed by atoms with Crippen molar-refractivity contribution in [3.8, 4) is 0 Å². The molecule has 0 aromatic rings. The lowest BCUT2D eigenvalue weighted by Crippen LogP contribution is -2.47. The molecule has 0 aliphatic carbocycles. The first-order chi connectivity index (χ1) is 7.31. The van der Waals surface area contributed by atoms with Crippen LogP contribution in [0.3, 0.4) is 0 Å². The van der Waals surface area contributed by atoms with Crippen LogP contribution >= 0.6 is 0 Å². The maximum absolute atomic E-state index is 10.3. The molecule has 0 aliphatic rings. The molecule has 0 heterocycles. The Kier molecular flexibility index (Phi) is 7.25. The number of unbranched alkanes of at least 4 members (excludes halogenated alkanes) is 2. The number of rotatable bonds is 8. The first-order valence-electron chi connectivity index (χ1n) is 6.77. The standard InChI is InChI=1S/C14H31NO/c1-7-8-9-10-15(13(4)5)11-14(6,16)12(2)3/h12-13,16H,7-11H2,1-6H3. The van der Waals surface area contributed by atoms with Crippen LogP contribution in [-0.2, 0) is 0 Å². The number of hydrogen-bond acceptors (Lipinski definition) is 2. The van der Waals surface area contributed by atoms with Crippen LogP contribution in [0.5, 0.6) is 0 Å². The Bertz CT molecular complexity index is 176. The van der Waals surface area contributed by atoms with Gasteiger partial charge in [0, 0.05) is 12.6 Å². The van der Waals surface area contributed by atoms with E-state index in [1.807, 2.05) is 6.92 Å². The van der Waals surface area contributed by atoms with Crippen molar-refractivity contribution in [3.63, 3.8) is 0 Å². The molecule has 0 aromatic carbocycles. The van der Waals surface area contributed by atoms with Crippen molar-refractivity contribution in [1.29, 1.82) is 0 Å². The predicted molar refractivity (Wildman–Crippen MR) is 71.7 cm³/mol. The van der Waals surface area contributed by atoms with Crippen molar-refractivity contribution in [2.75, 3.05) is 13.1 Å². The molecule has 0 saturated carbocycles. The molecule has 1 atom stereocenters. The summed E-state index contributed by atoms with van der Waals surface area (Å²) in [5.41, 5.74) is -0.573. The van der Waals surface area contributed by atoms with Gasteiger partial charge in [0.2, 0.25) is 0 Å². The van der Waals surface area contributed by atoms with Gasteiger partial charge in [-0.2, -0.15) is 0 Å². The molecule has 16 heavy (non-hydrogen) atoms. The summed E-state index contributed by atoms with van der Waals surface area (Å²) in [5, 5.41) is 10.3. The second-order valence-corrected chi connectivity index (χ2v) is 5.78. The summed E-state index contributed by atoms with van der Waals surface area (Å²) in [6, 6.07) is 0.516. The van der Waals surface area contributed by atoms with Gasteiger partial charge in [-0.05, 0) is 39.7 Å². The molecule has 0 spiro atoms. The summed E-state index contributed by atoms with van der Waals surface area (Å²) in [6.07, 6.45) is 3.78. The second-order valence-electron chi connectivity index (χ2n) is 5.78. The Balaban J connectivity index is 4.22. The minimum absolute atomic E-state index is 0.305. The average Bonchev–Trinajstić information content (AvgIpc) is 2.16. The van der Waals surface area contributed by atoms with E-state index in [1.54, 1.807) is 0 Å². The summed E-state index contributed by atoms with van der Waals surface area (Å²) in [7, 11) is 0. The minimum Gasteiger partial charge on any atom is -0.389 e. The van der Waals surface area contributed by atoms with Crippen molar-refractivity contribution < 1.29 is 5.11 Å². The van der Waals surface area contributed by atoms with E-state index < -0.39 is 5.60 Å². The van der Waals surface area contributed by atoms with Gasteiger partial charge in [-0.25, -0.2) is 0 Å². The lowest BCUT2D eigenvalue weighted by Gasteiger charge is -2.36. The molecule has 0 rings (SSSR count). The van der Waals surface area contributed by atoms with Gasteiger partial charge in [-0.1, -0.05) is 33.6 Å². The smallest absolute Gasteiger partial charge is 0.0768 e. The minimum atomic E-state index is -0.573. The molecule has 0 aliphatic heterocycles. The third kappa shape index (κ3) is 5.86. The molecule has 98 valence electrons. The molecule has 0 amide bonds. The average molecular weight is 229 g/mol. The summed E-state index contributed by atoms with van der Waals surface area (Å²) in [4.78, 5) is 2.40.